The van der Waals surface area contributed by atoms with Gasteiger partial charge in [-0.1, -0.05) is 12.1 Å². The molecular weight excluding hydrogens is 390 g/mol. The third-order valence-electron chi connectivity index (χ3n) is 5.53. The van der Waals surface area contributed by atoms with Crippen LogP contribution in [-0.4, -0.2) is 61.7 Å². The van der Waals surface area contributed by atoms with Gasteiger partial charge in [0.15, 0.2) is 0 Å². The van der Waals surface area contributed by atoms with Crippen LogP contribution in [-0.2, 0) is 10.0 Å². The van der Waals surface area contributed by atoms with Gasteiger partial charge in [-0.3, -0.25) is 14.5 Å². The molecular formula is C21H23N3O4S. The molecule has 2 amide bonds. The van der Waals surface area contributed by atoms with Crippen LogP contribution in [0.1, 0.15) is 34.6 Å². The lowest BCUT2D eigenvalue weighted by molar-refractivity contribution is 0.0926. The van der Waals surface area contributed by atoms with E-state index in [0.717, 1.165) is 4.90 Å². The molecule has 7 nitrogen and oxygen atoms in total. The van der Waals surface area contributed by atoms with Crippen molar-refractivity contribution in [1.29, 1.82) is 0 Å². The van der Waals surface area contributed by atoms with Gasteiger partial charge in [0, 0.05) is 32.2 Å². The molecule has 4 rings (SSSR count). The van der Waals surface area contributed by atoms with Crippen LogP contribution < -0.4 is 4.90 Å². The molecule has 0 N–H and O–H groups in total. The number of amides is 2. The number of piperazine rings is 1. The zero-order chi connectivity index (χ0) is 20.8. The van der Waals surface area contributed by atoms with E-state index in [0.29, 0.717) is 49.0 Å². The minimum absolute atomic E-state index is 0.163. The van der Waals surface area contributed by atoms with Gasteiger partial charge < -0.3 is 0 Å². The topological polar surface area (TPSA) is 78.0 Å². The van der Waals surface area contributed by atoms with Gasteiger partial charge in [0.1, 0.15) is 0 Å². The Hall–Kier alpha value is -2.55. The normalized spacial score (nSPS) is 18.5. The smallest absolute Gasteiger partial charge is 0.266 e. The molecule has 2 aromatic carbocycles. The molecule has 0 unspecified atom stereocenters. The summed E-state index contributed by atoms with van der Waals surface area (Å²) in [6.07, 6.45) is 0. The Morgan fingerprint density at radius 2 is 1.31 bits per heavy atom. The van der Waals surface area contributed by atoms with Crippen LogP contribution in [0.15, 0.2) is 53.4 Å². The van der Waals surface area contributed by atoms with E-state index in [1.807, 2.05) is 0 Å². The van der Waals surface area contributed by atoms with Crippen molar-refractivity contribution in [2.24, 2.45) is 0 Å². The summed E-state index contributed by atoms with van der Waals surface area (Å²) in [6.45, 7) is 6.49. The molecule has 152 valence electrons. The van der Waals surface area contributed by atoms with Gasteiger partial charge in [0.2, 0.25) is 10.0 Å². The van der Waals surface area contributed by atoms with E-state index in [-0.39, 0.29) is 4.90 Å². The highest BCUT2D eigenvalue weighted by Crippen LogP contribution is 2.29. The predicted molar refractivity (Wildman–Crippen MR) is 109 cm³/mol. The van der Waals surface area contributed by atoms with Gasteiger partial charge >= 0.3 is 0 Å². The number of carbonyl (C=O) groups is 2. The number of hydrogen-bond donors (Lipinski definition) is 0. The second kappa shape index (κ2) is 7.37. The Morgan fingerprint density at radius 1 is 0.793 bits per heavy atom. The molecule has 2 aliphatic rings. The average molecular weight is 413 g/mol. The first-order chi connectivity index (χ1) is 13.8. The van der Waals surface area contributed by atoms with Gasteiger partial charge in [-0.25, -0.2) is 13.3 Å². The summed E-state index contributed by atoms with van der Waals surface area (Å²) in [5, 5.41) is 0. The Kier molecular flexibility index (Phi) is 5.02. The van der Waals surface area contributed by atoms with Crippen LogP contribution in [0.2, 0.25) is 0 Å². The van der Waals surface area contributed by atoms with Crippen molar-refractivity contribution in [2.45, 2.75) is 24.8 Å². The molecule has 29 heavy (non-hydrogen) atoms. The Bertz CT molecular complexity index is 1020. The molecule has 0 atom stereocenters. The summed E-state index contributed by atoms with van der Waals surface area (Å²) in [4.78, 5) is 28.7. The van der Waals surface area contributed by atoms with E-state index in [2.05, 4.69) is 18.7 Å². The monoisotopic (exact) mass is 413 g/mol. The van der Waals surface area contributed by atoms with E-state index in [1.54, 1.807) is 24.3 Å². The largest absolute Gasteiger partial charge is 0.298 e. The summed E-state index contributed by atoms with van der Waals surface area (Å²) in [5.41, 5.74) is 1.08. The molecule has 1 saturated heterocycles. The molecule has 2 aromatic rings. The van der Waals surface area contributed by atoms with Crippen molar-refractivity contribution in [2.75, 3.05) is 31.1 Å². The molecule has 1 fully saturated rings. The van der Waals surface area contributed by atoms with Crippen molar-refractivity contribution in [3.8, 4) is 0 Å². The fraction of sp³-hybridized carbons (Fsp3) is 0.333. The van der Waals surface area contributed by atoms with Gasteiger partial charge in [0.05, 0.1) is 21.7 Å². The van der Waals surface area contributed by atoms with Gasteiger partial charge in [-0.2, -0.15) is 4.31 Å². The molecule has 0 radical (unpaired) electrons. The Labute approximate surface area is 170 Å². The Balaban J connectivity index is 1.54. The molecule has 2 aliphatic heterocycles. The molecule has 2 heterocycles. The highest BCUT2D eigenvalue weighted by Gasteiger charge is 2.36. The average Bonchev–Trinajstić information content (AvgIpc) is 2.99. The molecule has 0 spiro atoms. The SMILES string of the molecule is CC(C)N1CCN(S(=O)(=O)c2ccc(N3C(=O)c4ccccc4C3=O)cc2)CC1. The predicted octanol–water partition coefficient (Wildman–Crippen LogP) is 2.20. The number of nitrogens with zero attached hydrogens (tertiary/aromatic N) is 3. The van der Waals surface area contributed by atoms with Gasteiger partial charge in [-0.15, -0.1) is 0 Å². The third kappa shape index (κ3) is 3.37. The number of rotatable bonds is 4. The summed E-state index contributed by atoms with van der Waals surface area (Å²) in [5.74, 6) is -0.794. The third-order valence-corrected chi connectivity index (χ3v) is 7.44. The Morgan fingerprint density at radius 3 is 1.79 bits per heavy atom. The van der Waals surface area contributed by atoms with E-state index in [1.165, 1.54) is 28.6 Å². The molecule has 0 aliphatic carbocycles. The first-order valence-corrected chi connectivity index (χ1v) is 11.1. The van der Waals surface area contributed by atoms with Crippen LogP contribution in [0.4, 0.5) is 5.69 Å². The second-order valence-corrected chi connectivity index (χ2v) is 9.46. The lowest BCUT2D eigenvalue weighted by Gasteiger charge is -2.36. The van der Waals surface area contributed by atoms with E-state index in [4.69, 9.17) is 0 Å². The van der Waals surface area contributed by atoms with Crippen LogP contribution in [0.3, 0.4) is 0 Å². The molecule has 0 bridgehead atoms. The number of imide groups is 1. The summed E-state index contributed by atoms with van der Waals surface area (Å²) in [6, 6.07) is 13.0. The zero-order valence-electron chi connectivity index (χ0n) is 16.4. The fourth-order valence-corrected chi connectivity index (χ4v) is 5.22. The van der Waals surface area contributed by atoms with Crippen molar-refractivity contribution >= 4 is 27.5 Å². The summed E-state index contributed by atoms with van der Waals surface area (Å²) >= 11 is 0. The number of anilines is 1. The maximum absolute atomic E-state index is 13.0. The maximum Gasteiger partial charge on any atom is 0.266 e. The van der Waals surface area contributed by atoms with Crippen molar-refractivity contribution in [3.63, 3.8) is 0 Å². The van der Waals surface area contributed by atoms with Gasteiger partial charge in [-0.05, 0) is 50.2 Å². The van der Waals surface area contributed by atoms with Crippen LogP contribution >= 0.6 is 0 Å². The highest BCUT2D eigenvalue weighted by molar-refractivity contribution is 7.89. The number of hydrogen-bond acceptors (Lipinski definition) is 5. The van der Waals surface area contributed by atoms with E-state index < -0.39 is 21.8 Å². The summed E-state index contributed by atoms with van der Waals surface area (Å²) in [7, 11) is -3.61. The number of fused-ring (bicyclic) bond motifs is 1. The zero-order valence-corrected chi connectivity index (χ0v) is 17.2. The second-order valence-electron chi connectivity index (χ2n) is 7.52. The molecule has 0 aromatic heterocycles. The van der Waals surface area contributed by atoms with Crippen LogP contribution in [0.25, 0.3) is 0 Å². The summed E-state index contributed by atoms with van der Waals surface area (Å²) < 4.78 is 27.4. The fourth-order valence-electron chi connectivity index (χ4n) is 3.80. The quantitative estimate of drug-likeness (QED) is 0.718. The maximum atomic E-state index is 13.0. The molecule has 0 saturated carbocycles. The first-order valence-electron chi connectivity index (χ1n) is 9.63. The highest BCUT2D eigenvalue weighted by atomic mass is 32.2. The van der Waals surface area contributed by atoms with E-state index >= 15 is 0 Å². The van der Waals surface area contributed by atoms with Gasteiger partial charge in [0.25, 0.3) is 11.8 Å². The first kappa shape index (κ1) is 19.8. The minimum Gasteiger partial charge on any atom is -0.298 e. The molecule has 8 heteroatoms. The van der Waals surface area contributed by atoms with Crippen LogP contribution in [0, 0.1) is 0 Å². The minimum atomic E-state index is -3.61. The van der Waals surface area contributed by atoms with Crippen LogP contribution in [0.5, 0.6) is 0 Å². The lowest BCUT2D eigenvalue weighted by atomic mass is 10.1. The van der Waals surface area contributed by atoms with E-state index in [9.17, 15) is 18.0 Å². The van der Waals surface area contributed by atoms with Crippen molar-refractivity contribution < 1.29 is 18.0 Å². The number of sulfonamides is 1. The standard InChI is InChI=1S/C21H23N3O4S/c1-15(2)22-11-13-23(14-12-22)29(27,28)17-9-7-16(8-10-17)24-20(25)18-5-3-4-6-19(18)21(24)26/h3-10,15H,11-14H2,1-2H3. The number of carbonyl (C=O) groups excluding carboxylic acids is 2. The number of benzene rings is 2. The van der Waals surface area contributed by atoms with Crippen molar-refractivity contribution in [3.05, 3.63) is 59.7 Å². The lowest BCUT2D eigenvalue weighted by Crippen LogP contribution is -2.50. The van der Waals surface area contributed by atoms with Crippen molar-refractivity contribution in [1.82, 2.24) is 9.21 Å².